The summed E-state index contributed by atoms with van der Waals surface area (Å²) in [5.41, 5.74) is 1.56. The van der Waals surface area contributed by atoms with E-state index >= 15 is 0 Å². The fourth-order valence-corrected chi connectivity index (χ4v) is 6.46. The second-order valence-electron chi connectivity index (χ2n) is 9.31. The van der Waals surface area contributed by atoms with Gasteiger partial charge in [-0.3, -0.25) is 9.59 Å². The number of rotatable bonds is 10. The number of nitrogens with one attached hydrogen (secondary N) is 1. The molecule has 2 atom stereocenters. The van der Waals surface area contributed by atoms with Gasteiger partial charge in [0.1, 0.15) is 0 Å². The Labute approximate surface area is 202 Å². The highest BCUT2D eigenvalue weighted by Gasteiger charge is 2.47. The third-order valence-corrected chi connectivity index (χ3v) is 7.96. The Morgan fingerprint density at radius 3 is 2.45 bits per heavy atom. The lowest BCUT2D eigenvalue weighted by atomic mass is 9.80. The molecule has 6 heteroatoms. The molecule has 1 fully saturated rings. The predicted octanol–water partition coefficient (Wildman–Crippen LogP) is 5.21. The summed E-state index contributed by atoms with van der Waals surface area (Å²) in [5, 5.41) is 5.30. The molecular formula is C27H37N3O2S. The smallest absolute Gasteiger partial charge is 0.254 e. The monoisotopic (exact) mass is 467 g/mol. The molecular weight excluding hydrogens is 430 g/mol. The van der Waals surface area contributed by atoms with E-state index in [0.717, 1.165) is 68.6 Å². The molecule has 5 nitrogen and oxygen atoms in total. The van der Waals surface area contributed by atoms with Crippen LogP contribution in [0.3, 0.4) is 0 Å². The maximum absolute atomic E-state index is 13.8. The van der Waals surface area contributed by atoms with Crippen molar-refractivity contribution < 1.29 is 9.59 Å². The molecule has 1 aromatic carbocycles. The van der Waals surface area contributed by atoms with Gasteiger partial charge < -0.3 is 15.1 Å². The molecule has 2 aromatic rings. The van der Waals surface area contributed by atoms with Crippen LogP contribution in [0.2, 0.25) is 0 Å². The lowest BCUT2D eigenvalue weighted by molar-refractivity contribution is -0.124. The van der Waals surface area contributed by atoms with Gasteiger partial charge in [-0.05, 0) is 61.8 Å². The summed E-state index contributed by atoms with van der Waals surface area (Å²) in [6.45, 7) is 7.99. The van der Waals surface area contributed by atoms with Crippen LogP contribution in [0.5, 0.6) is 0 Å². The Bertz CT molecular complexity index is 917. The number of carbonyl (C=O) groups is 2. The van der Waals surface area contributed by atoms with Crippen LogP contribution >= 0.6 is 11.3 Å². The molecule has 1 aromatic heterocycles. The number of thiophene rings is 1. The van der Waals surface area contributed by atoms with Crippen molar-refractivity contribution >= 4 is 23.2 Å². The van der Waals surface area contributed by atoms with Gasteiger partial charge in [-0.2, -0.15) is 0 Å². The number of fused-ring (bicyclic) bond motifs is 1. The van der Waals surface area contributed by atoms with Gasteiger partial charge in [-0.25, -0.2) is 0 Å². The summed E-state index contributed by atoms with van der Waals surface area (Å²) < 4.78 is 0. The summed E-state index contributed by atoms with van der Waals surface area (Å²) >= 11 is 1.65. The molecule has 2 aliphatic rings. The zero-order valence-electron chi connectivity index (χ0n) is 20.0. The van der Waals surface area contributed by atoms with Crippen LogP contribution in [0.4, 0.5) is 0 Å². The highest BCUT2D eigenvalue weighted by molar-refractivity contribution is 7.10. The molecule has 4 rings (SSSR count). The molecule has 0 spiro atoms. The van der Waals surface area contributed by atoms with E-state index in [2.05, 4.69) is 40.4 Å². The quantitative estimate of drug-likeness (QED) is 0.522. The third kappa shape index (κ3) is 5.17. The molecule has 1 N–H and O–H groups in total. The van der Waals surface area contributed by atoms with Crippen LogP contribution in [0, 0.1) is 0 Å². The molecule has 2 amide bonds. The minimum atomic E-state index is -0.385. The van der Waals surface area contributed by atoms with Crippen LogP contribution in [-0.4, -0.2) is 53.8 Å². The summed E-state index contributed by atoms with van der Waals surface area (Å²) in [6.07, 6.45) is 6.57. The maximum atomic E-state index is 13.8. The molecule has 178 valence electrons. The fourth-order valence-electron chi connectivity index (χ4n) is 5.60. The van der Waals surface area contributed by atoms with Gasteiger partial charge >= 0.3 is 0 Å². The molecule has 0 unspecified atom stereocenters. The van der Waals surface area contributed by atoms with Gasteiger partial charge in [0.2, 0.25) is 5.91 Å². The molecule has 1 aliphatic carbocycles. The molecule has 1 saturated carbocycles. The minimum absolute atomic E-state index is 0.0318. The van der Waals surface area contributed by atoms with Gasteiger partial charge in [-0.1, -0.05) is 51.0 Å². The largest absolute Gasteiger partial charge is 0.354 e. The zero-order chi connectivity index (χ0) is 23.2. The number of hydrogen-bond acceptors (Lipinski definition) is 4. The average Bonchev–Trinajstić information content (AvgIpc) is 3.54. The molecule has 0 radical (unpaired) electrons. The average molecular weight is 468 g/mol. The van der Waals surface area contributed by atoms with Crippen LogP contribution in [-0.2, 0) is 4.79 Å². The number of nitrogens with zero attached hydrogens (tertiary/aromatic N) is 2. The predicted molar refractivity (Wildman–Crippen MR) is 135 cm³/mol. The van der Waals surface area contributed by atoms with Crippen molar-refractivity contribution in [2.45, 2.75) is 70.4 Å². The molecule has 1 aliphatic heterocycles. The SMILES string of the molecule is CCCN(CCC)CCNC(=O)[C@@H]1c2ccccc2C(=O)N(C2CCCC2)[C@H]1c1cccs1. The van der Waals surface area contributed by atoms with E-state index in [1.807, 2.05) is 30.3 Å². The number of carbonyl (C=O) groups excluding carboxylic acids is 2. The van der Waals surface area contributed by atoms with Crippen molar-refractivity contribution in [1.29, 1.82) is 0 Å². The van der Waals surface area contributed by atoms with Gasteiger partial charge in [0.15, 0.2) is 0 Å². The highest BCUT2D eigenvalue weighted by atomic mass is 32.1. The minimum Gasteiger partial charge on any atom is -0.354 e. The first-order valence-electron chi connectivity index (χ1n) is 12.6. The molecule has 0 bridgehead atoms. The van der Waals surface area contributed by atoms with E-state index < -0.39 is 0 Å². The molecule has 0 saturated heterocycles. The van der Waals surface area contributed by atoms with Gasteiger partial charge in [-0.15, -0.1) is 11.3 Å². The van der Waals surface area contributed by atoms with E-state index in [4.69, 9.17) is 0 Å². The van der Waals surface area contributed by atoms with E-state index in [0.29, 0.717) is 12.1 Å². The number of benzene rings is 1. The first kappa shape index (κ1) is 24.0. The van der Waals surface area contributed by atoms with Gasteiger partial charge in [0.05, 0.1) is 12.0 Å². The maximum Gasteiger partial charge on any atom is 0.254 e. The second kappa shape index (κ2) is 11.3. The summed E-state index contributed by atoms with van der Waals surface area (Å²) in [6, 6.07) is 11.8. The topological polar surface area (TPSA) is 52.7 Å². The normalized spacial score (nSPS) is 20.9. The number of hydrogen-bond donors (Lipinski definition) is 1. The van der Waals surface area contributed by atoms with Crippen molar-refractivity contribution in [3.63, 3.8) is 0 Å². The summed E-state index contributed by atoms with van der Waals surface area (Å²) in [7, 11) is 0. The van der Waals surface area contributed by atoms with Crippen molar-refractivity contribution in [3.05, 3.63) is 57.8 Å². The standard InChI is InChI=1S/C27H37N3O2S/c1-3-16-29(17-4-2)18-15-28-26(31)24-21-12-7-8-13-22(21)27(32)30(20-10-5-6-11-20)25(24)23-14-9-19-33-23/h7-9,12-14,19-20,24-25H,3-6,10-11,15-18H2,1-2H3,(H,28,31)/t24-,25+/m1/s1. The molecule has 33 heavy (non-hydrogen) atoms. The summed E-state index contributed by atoms with van der Waals surface area (Å²) in [4.78, 5) is 33.1. The fraction of sp³-hybridized carbons (Fsp3) is 0.556. The lowest BCUT2D eigenvalue weighted by Crippen LogP contribution is -2.51. The van der Waals surface area contributed by atoms with E-state index in [-0.39, 0.29) is 29.8 Å². The van der Waals surface area contributed by atoms with E-state index in [1.54, 1.807) is 11.3 Å². The van der Waals surface area contributed by atoms with Gasteiger partial charge in [0.25, 0.3) is 5.91 Å². The Morgan fingerprint density at radius 1 is 1.06 bits per heavy atom. The Hall–Kier alpha value is -2.18. The first-order valence-corrected chi connectivity index (χ1v) is 13.5. The lowest BCUT2D eigenvalue weighted by Gasteiger charge is -2.44. The Kier molecular flexibility index (Phi) is 8.20. The van der Waals surface area contributed by atoms with Crippen molar-refractivity contribution in [2.24, 2.45) is 0 Å². The Balaban J connectivity index is 1.63. The van der Waals surface area contributed by atoms with E-state index in [1.165, 1.54) is 0 Å². The summed E-state index contributed by atoms with van der Waals surface area (Å²) in [5.74, 6) is -0.273. The van der Waals surface area contributed by atoms with E-state index in [9.17, 15) is 9.59 Å². The zero-order valence-corrected chi connectivity index (χ0v) is 20.8. The van der Waals surface area contributed by atoms with Crippen LogP contribution < -0.4 is 5.32 Å². The van der Waals surface area contributed by atoms with Crippen molar-refractivity contribution in [3.8, 4) is 0 Å². The highest BCUT2D eigenvalue weighted by Crippen LogP contribution is 2.47. The van der Waals surface area contributed by atoms with Crippen molar-refractivity contribution in [1.82, 2.24) is 15.1 Å². The van der Waals surface area contributed by atoms with Gasteiger partial charge in [0, 0.05) is 29.6 Å². The molecule has 2 heterocycles. The Morgan fingerprint density at radius 2 is 1.79 bits per heavy atom. The third-order valence-electron chi connectivity index (χ3n) is 7.02. The van der Waals surface area contributed by atoms with Crippen molar-refractivity contribution in [2.75, 3.05) is 26.2 Å². The first-order chi connectivity index (χ1) is 16.2. The second-order valence-corrected chi connectivity index (χ2v) is 10.3. The van der Waals surface area contributed by atoms with Crippen LogP contribution in [0.15, 0.2) is 41.8 Å². The van der Waals surface area contributed by atoms with Crippen LogP contribution in [0.1, 0.15) is 85.1 Å². The number of amides is 2. The van der Waals surface area contributed by atoms with Crippen LogP contribution in [0.25, 0.3) is 0 Å².